The van der Waals surface area contributed by atoms with Gasteiger partial charge in [0, 0.05) is 26.4 Å². The van der Waals surface area contributed by atoms with Gasteiger partial charge in [-0.05, 0) is 49.4 Å². The molecule has 2 saturated heterocycles. The van der Waals surface area contributed by atoms with Crippen molar-refractivity contribution in [3.05, 3.63) is 0 Å². The predicted molar refractivity (Wildman–Crippen MR) is 112 cm³/mol. The third kappa shape index (κ3) is 3.80. The number of carbonyl (C=O) groups excluding carboxylic acids is 2. The molecule has 2 aliphatic carbocycles. The summed E-state index contributed by atoms with van der Waals surface area (Å²) in [6.45, 7) is 9.46. The first kappa shape index (κ1) is 23.0. The minimum atomic E-state index is -0.588. The highest BCUT2D eigenvalue weighted by Gasteiger charge is 2.75. The molecular weight excluding hydrogens is 400 g/mol. The molecule has 1 N–H and O–H groups in total. The number of fused-ring (bicyclic) bond motifs is 2. The highest BCUT2D eigenvalue weighted by molar-refractivity contribution is 5.67. The summed E-state index contributed by atoms with van der Waals surface area (Å²) in [5, 5.41) is 11.2. The molecule has 0 amide bonds. The van der Waals surface area contributed by atoms with Crippen LogP contribution < -0.4 is 0 Å². The van der Waals surface area contributed by atoms with Crippen molar-refractivity contribution in [1.82, 2.24) is 0 Å². The van der Waals surface area contributed by atoms with E-state index in [1.807, 2.05) is 0 Å². The summed E-state index contributed by atoms with van der Waals surface area (Å²) < 4.78 is 23.3. The fourth-order valence-corrected chi connectivity index (χ4v) is 7.20. The number of hydrogen-bond donors (Lipinski definition) is 1. The first-order chi connectivity index (χ1) is 14.6. The molecule has 31 heavy (non-hydrogen) atoms. The number of rotatable bonds is 6. The van der Waals surface area contributed by atoms with Gasteiger partial charge < -0.3 is 24.1 Å². The Morgan fingerprint density at radius 1 is 1.23 bits per heavy atom. The molecule has 4 aliphatic rings. The van der Waals surface area contributed by atoms with Crippen molar-refractivity contribution in [3.63, 3.8) is 0 Å². The molecule has 7 heteroatoms. The standard InChI is InChI=1S/C24H38O7/c1-15-10-21(31-17(3)26)24(14-29-16(2)25)20(6-5-8-23(24)13-30-23)22(15,4)11-19(27)18-7-9-28-12-18/h15,18-21,27H,5-14H2,1-4H3/t15-,18-,19+,20-,21+,22+,23+,24+/m1/s1. The van der Waals surface area contributed by atoms with Gasteiger partial charge in [-0.15, -0.1) is 0 Å². The van der Waals surface area contributed by atoms with E-state index >= 15 is 0 Å². The van der Waals surface area contributed by atoms with Crippen LogP contribution in [0.5, 0.6) is 0 Å². The van der Waals surface area contributed by atoms with Crippen LogP contribution in [0.4, 0.5) is 0 Å². The molecule has 0 bridgehead atoms. The molecule has 0 unspecified atom stereocenters. The Hall–Kier alpha value is -1.18. The molecule has 0 aromatic heterocycles. The van der Waals surface area contributed by atoms with Crippen LogP contribution >= 0.6 is 0 Å². The Kier molecular flexibility index (Phi) is 6.16. The largest absolute Gasteiger partial charge is 0.465 e. The summed E-state index contributed by atoms with van der Waals surface area (Å²) in [6.07, 6.45) is 4.26. The Morgan fingerprint density at radius 3 is 2.55 bits per heavy atom. The van der Waals surface area contributed by atoms with Gasteiger partial charge >= 0.3 is 11.9 Å². The molecule has 8 atom stereocenters. The summed E-state index contributed by atoms with van der Waals surface area (Å²) >= 11 is 0. The second kappa shape index (κ2) is 8.31. The number of carbonyl (C=O) groups is 2. The van der Waals surface area contributed by atoms with Crippen LogP contribution in [0.1, 0.15) is 66.2 Å². The molecule has 1 spiro atoms. The summed E-state index contributed by atoms with van der Waals surface area (Å²) in [5.74, 6) is -0.141. The quantitative estimate of drug-likeness (QED) is 0.503. The lowest BCUT2D eigenvalue weighted by Crippen LogP contribution is -2.67. The summed E-state index contributed by atoms with van der Waals surface area (Å²) in [5.41, 5.74) is -1.21. The van der Waals surface area contributed by atoms with Gasteiger partial charge in [-0.3, -0.25) is 9.59 Å². The van der Waals surface area contributed by atoms with E-state index in [4.69, 9.17) is 18.9 Å². The van der Waals surface area contributed by atoms with Gasteiger partial charge in [0.05, 0.1) is 24.7 Å². The van der Waals surface area contributed by atoms with Crippen LogP contribution in [0.25, 0.3) is 0 Å². The third-order valence-corrected chi connectivity index (χ3v) is 9.08. The van der Waals surface area contributed by atoms with Gasteiger partial charge in [0.15, 0.2) is 0 Å². The monoisotopic (exact) mass is 438 g/mol. The zero-order chi connectivity index (χ0) is 22.4. The van der Waals surface area contributed by atoms with E-state index in [1.54, 1.807) is 0 Å². The van der Waals surface area contributed by atoms with Crippen LogP contribution in [0.15, 0.2) is 0 Å². The minimum Gasteiger partial charge on any atom is -0.465 e. The van der Waals surface area contributed by atoms with Crippen molar-refractivity contribution in [2.75, 3.05) is 26.4 Å². The second-order valence-electron chi connectivity index (χ2n) is 10.7. The second-order valence-corrected chi connectivity index (χ2v) is 10.7. The Bertz CT molecular complexity index is 698. The average molecular weight is 439 g/mol. The molecule has 0 radical (unpaired) electrons. The molecule has 4 fully saturated rings. The number of hydrogen-bond acceptors (Lipinski definition) is 7. The maximum absolute atomic E-state index is 12.1. The van der Waals surface area contributed by atoms with E-state index in [2.05, 4.69) is 13.8 Å². The first-order valence-corrected chi connectivity index (χ1v) is 11.8. The zero-order valence-corrected chi connectivity index (χ0v) is 19.4. The van der Waals surface area contributed by atoms with Crippen molar-refractivity contribution in [2.24, 2.45) is 28.6 Å². The van der Waals surface area contributed by atoms with E-state index in [1.165, 1.54) is 13.8 Å². The summed E-state index contributed by atoms with van der Waals surface area (Å²) in [6, 6.07) is 0. The van der Waals surface area contributed by atoms with Gasteiger partial charge in [-0.25, -0.2) is 0 Å². The Balaban J connectivity index is 1.73. The lowest BCUT2D eigenvalue weighted by atomic mass is 9.42. The van der Waals surface area contributed by atoms with Gasteiger partial charge in [0.25, 0.3) is 0 Å². The average Bonchev–Trinajstić information content (AvgIpc) is 3.25. The Morgan fingerprint density at radius 2 is 1.97 bits per heavy atom. The van der Waals surface area contributed by atoms with Gasteiger partial charge in [0.1, 0.15) is 18.3 Å². The van der Waals surface area contributed by atoms with E-state index < -0.39 is 17.1 Å². The van der Waals surface area contributed by atoms with Crippen molar-refractivity contribution < 1.29 is 33.6 Å². The first-order valence-electron chi connectivity index (χ1n) is 11.8. The highest BCUT2D eigenvalue weighted by atomic mass is 16.6. The summed E-state index contributed by atoms with van der Waals surface area (Å²) in [4.78, 5) is 24.0. The number of esters is 2. The van der Waals surface area contributed by atoms with E-state index in [0.29, 0.717) is 32.7 Å². The van der Waals surface area contributed by atoms with E-state index in [9.17, 15) is 14.7 Å². The van der Waals surface area contributed by atoms with Crippen LogP contribution in [0, 0.1) is 28.6 Å². The van der Waals surface area contributed by atoms with Gasteiger partial charge in [-0.2, -0.15) is 0 Å². The lowest BCUT2D eigenvalue weighted by molar-refractivity contribution is -0.232. The number of aliphatic hydroxyl groups is 1. The SMILES string of the molecule is CC(=O)OC[C@@]12[C@@H](OC(C)=O)C[C@@H](C)[C@](C)(C[C@H](O)[C@@H]3CCOC3)[C@H]1CCC[C@]21CO1. The van der Waals surface area contributed by atoms with Gasteiger partial charge in [0.2, 0.25) is 0 Å². The normalized spacial score (nSPS) is 45.1. The number of aliphatic hydroxyl groups excluding tert-OH is 1. The smallest absolute Gasteiger partial charge is 0.302 e. The molecule has 2 heterocycles. The molecule has 0 aromatic rings. The highest BCUT2D eigenvalue weighted by Crippen LogP contribution is 2.69. The number of epoxide rings is 1. The maximum Gasteiger partial charge on any atom is 0.302 e. The third-order valence-electron chi connectivity index (χ3n) is 9.08. The minimum absolute atomic E-state index is 0.112. The number of ether oxygens (including phenoxy) is 4. The van der Waals surface area contributed by atoms with E-state index in [0.717, 1.165) is 25.7 Å². The predicted octanol–water partition coefficient (Wildman–Crippen LogP) is 2.87. The van der Waals surface area contributed by atoms with Crippen LogP contribution in [-0.2, 0) is 28.5 Å². The molecule has 176 valence electrons. The zero-order valence-electron chi connectivity index (χ0n) is 19.4. The molecule has 2 saturated carbocycles. The molecular formula is C24H38O7. The Labute approximate surface area is 185 Å². The lowest BCUT2D eigenvalue weighted by Gasteiger charge is -2.63. The van der Waals surface area contributed by atoms with Crippen LogP contribution in [-0.4, -0.2) is 61.3 Å². The van der Waals surface area contributed by atoms with Crippen LogP contribution in [0.3, 0.4) is 0 Å². The van der Waals surface area contributed by atoms with Crippen molar-refractivity contribution in [1.29, 1.82) is 0 Å². The molecule has 2 aliphatic heterocycles. The van der Waals surface area contributed by atoms with Gasteiger partial charge in [-0.1, -0.05) is 20.3 Å². The van der Waals surface area contributed by atoms with Crippen LogP contribution in [0.2, 0.25) is 0 Å². The fraction of sp³-hybridized carbons (Fsp3) is 0.917. The summed E-state index contributed by atoms with van der Waals surface area (Å²) in [7, 11) is 0. The van der Waals surface area contributed by atoms with Crippen molar-refractivity contribution in [2.45, 2.75) is 84.0 Å². The molecule has 7 nitrogen and oxygen atoms in total. The fourth-order valence-electron chi connectivity index (χ4n) is 7.20. The van der Waals surface area contributed by atoms with Crippen molar-refractivity contribution in [3.8, 4) is 0 Å². The molecule has 4 rings (SSSR count). The topological polar surface area (TPSA) is 94.6 Å². The van der Waals surface area contributed by atoms with E-state index in [-0.39, 0.29) is 47.8 Å². The molecule has 0 aromatic carbocycles. The maximum atomic E-state index is 12.1. The van der Waals surface area contributed by atoms with Crippen molar-refractivity contribution >= 4 is 11.9 Å².